The Kier molecular flexibility index (Phi) is 6.02. The number of ether oxygens (including phenoxy) is 2. The minimum atomic E-state index is -3.56. The van der Waals surface area contributed by atoms with Crippen molar-refractivity contribution in [2.75, 3.05) is 24.2 Å². The predicted molar refractivity (Wildman–Crippen MR) is 112 cm³/mol. The smallest absolute Gasteiger partial charge is 0.263 e. The molecule has 29 heavy (non-hydrogen) atoms. The van der Waals surface area contributed by atoms with Crippen molar-refractivity contribution in [2.24, 2.45) is 0 Å². The van der Waals surface area contributed by atoms with Crippen molar-refractivity contribution >= 4 is 21.6 Å². The van der Waals surface area contributed by atoms with E-state index in [1.165, 1.54) is 4.31 Å². The molecule has 8 heteroatoms. The van der Waals surface area contributed by atoms with Crippen LogP contribution in [-0.2, 0) is 14.8 Å². The number of hydrogen-bond acceptors (Lipinski definition) is 5. The van der Waals surface area contributed by atoms with E-state index in [1.807, 2.05) is 44.2 Å². The number of fused-ring (bicyclic) bond motifs is 1. The van der Waals surface area contributed by atoms with Crippen LogP contribution in [-0.4, -0.2) is 40.3 Å². The van der Waals surface area contributed by atoms with Crippen LogP contribution >= 0.6 is 0 Å². The number of methoxy groups -OCH3 is 1. The summed E-state index contributed by atoms with van der Waals surface area (Å²) in [7, 11) is -1.96. The molecule has 1 aliphatic heterocycles. The molecule has 2 aromatic rings. The van der Waals surface area contributed by atoms with E-state index in [2.05, 4.69) is 5.32 Å². The lowest BCUT2D eigenvalue weighted by Gasteiger charge is -2.34. The normalized spacial score (nSPS) is 17.1. The highest BCUT2D eigenvalue weighted by Gasteiger charge is 2.35. The van der Waals surface area contributed by atoms with E-state index in [4.69, 9.17) is 9.47 Å². The van der Waals surface area contributed by atoms with Crippen molar-refractivity contribution in [3.63, 3.8) is 0 Å². The lowest BCUT2D eigenvalue weighted by Crippen LogP contribution is -2.51. The summed E-state index contributed by atoms with van der Waals surface area (Å²) in [6.45, 7) is 3.78. The Balaban J connectivity index is 1.82. The summed E-state index contributed by atoms with van der Waals surface area (Å²) < 4.78 is 36.9. The summed E-state index contributed by atoms with van der Waals surface area (Å²) >= 11 is 0. The summed E-state index contributed by atoms with van der Waals surface area (Å²) in [5.41, 5.74) is 2.31. The van der Waals surface area contributed by atoms with Crippen molar-refractivity contribution in [3.05, 3.63) is 53.6 Å². The Morgan fingerprint density at radius 2 is 1.97 bits per heavy atom. The van der Waals surface area contributed by atoms with Crippen LogP contribution in [0.1, 0.15) is 30.5 Å². The Hall–Kier alpha value is -2.74. The largest absolute Gasteiger partial charge is 0.497 e. The fourth-order valence-corrected chi connectivity index (χ4v) is 4.24. The van der Waals surface area contributed by atoms with Gasteiger partial charge in [0.25, 0.3) is 5.91 Å². The van der Waals surface area contributed by atoms with Gasteiger partial charge in [-0.1, -0.05) is 25.1 Å². The van der Waals surface area contributed by atoms with Crippen molar-refractivity contribution in [3.8, 4) is 11.5 Å². The Morgan fingerprint density at radius 1 is 1.28 bits per heavy atom. The average molecular weight is 419 g/mol. The number of benzene rings is 2. The van der Waals surface area contributed by atoms with Crippen LogP contribution in [0.2, 0.25) is 0 Å². The minimum absolute atomic E-state index is 0.0693. The molecule has 0 radical (unpaired) electrons. The van der Waals surface area contributed by atoms with Crippen LogP contribution < -0.4 is 19.1 Å². The van der Waals surface area contributed by atoms with Crippen molar-refractivity contribution in [2.45, 2.75) is 32.4 Å². The maximum atomic E-state index is 12.9. The van der Waals surface area contributed by atoms with E-state index in [9.17, 15) is 13.2 Å². The molecule has 0 saturated carbocycles. The second-order valence-electron chi connectivity index (χ2n) is 7.11. The highest BCUT2D eigenvalue weighted by molar-refractivity contribution is 7.92. The minimum Gasteiger partial charge on any atom is -0.497 e. The van der Waals surface area contributed by atoms with Gasteiger partial charge in [0.2, 0.25) is 10.0 Å². The van der Waals surface area contributed by atoms with Crippen LogP contribution in [0, 0.1) is 6.92 Å². The van der Waals surface area contributed by atoms with Crippen molar-refractivity contribution < 1.29 is 22.7 Å². The fourth-order valence-electron chi connectivity index (χ4n) is 3.33. The summed E-state index contributed by atoms with van der Waals surface area (Å²) in [6, 6.07) is 12.5. The van der Waals surface area contributed by atoms with Crippen LogP contribution in [0.5, 0.6) is 11.5 Å². The fraction of sp³-hybridized carbons (Fsp3) is 0.381. The molecular formula is C21H26N2O5S. The van der Waals surface area contributed by atoms with E-state index in [0.717, 1.165) is 23.1 Å². The van der Waals surface area contributed by atoms with Crippen LogP contribution in [0.25, 0.3) is 0 Å². The van der Waals surface area contributed by atoms with E-state index in [1.54, 1.807) is 19.2 Å². The summed E-state index contributed by atoms with van der Waals surface area (Å²) in [5, 5.41) is 2.98. The van der Waals surface area contributed by atoms with Gasteiger partial charge in [-0.05, 0) is 48.7 Å². The van der Waals surface area contributed by atoms with E-state index in [-0.39, 0.29) is 18.5 Å². The third kappa shape index (κ3) is 4.64. The average Bonchev–Trinajstić information content (AvgIpc) is 2.70. The molecule has 2 atom stereocenters. The van der Waals surface area contributed by atoms with Crippen LogP contribution in [0.15, 0.2) is 42.5 Å². The molecule has 1 heterocycles. The Labute approximate surface area is 171 Å². The maximum absolute atomic E-state index is 12.9. The van der Waals surface area contributed by atoms with Gasteiger partial charge in [-0.15, -0.1) is 0 Å². The lowest BCUT2D eigenvalue weighted by molar-refractivity contribution is -0.128. The first-order chi connectivity index (χ1) is 13.7. The number of sulfonamides is 1. The number of amides is 1. The monoisotopic (exact) mass is 418 g/mol. The highest BCUT2D eigenvalue weighted by Crippen LogP contribution is 2.36. The van der Waals surface area contributed by atoms with Gasteiger partial charge in [0.1, 0.15) is 11.5 Å². The number of nitrogens with one attached hydrogen (secondary N) is 1. The number of carbonyl (C=O) groups excluding carboxylic acids is 1. The number of rotatable bonds is 6. The summed E-state index contributed by atoms with van der Waals surface area (Å²) in [4.78, 5) is 12.9. The third-order valence-electron chi connectivity index (χ3n) is 4.92. The molecule has 0 spiro atoms. The van der Waals surface area contributed by atoms with Gasteiger partial charge in [0.05, 0.1) is 31.6 Å². The second kappa shape index (κ2) is 8.32. The molecule has 2 aromatic carbocycles. The first kappa shape index (κ1) is 21.0. The SMILES string of the molecule is CCC(NC(=O)C1CN(S(C)(=O)=O)c2cc(C)ccc2O1)c1ccc(OC)cc1. The van der Waals surface area contributed by atoms with Gasteiger partial charge in [0.15, 0.2) is 6.10 Å². The van der Waals surface area contributed by atoms with Crippen molar-refractivity contribution in [1.82, 2.24) is 5.32 Å². The number of aryl methyl sites for hydroxylation is 1. The molecule has 1 aliphatic rings. The topological polar surface area (TPSA) is 84.9 Å². The first-order valence-corrected chi connectivity index (χ1v) is 11.3. The van der Waals surface area contributed by atoms with E-state index in [0.29, 0.717) is 17.9 Å². The molecule has 0 aromatic heterocycles. The number of carbonyl (C=O) groups is 1. The highest BCUT2D eigenvalue weighted by atomic mass is 32.2. The molecule has 0 bridgehead atoms. The quantitative estimate of drug-likeness (QED) is 0.780. The lowest BCUT2D eigenvalue weighted by atomic mass is 10.0. The summed E-state index contributed by atoms with van der Waals surface area (Å²) in [5.74, 6) is 0.763. The van der Waals surface area contributed by atoms with Gasteiger partial charge in [0, 0.05) is 0 Å². The molecule has 2 unspecified atom stereocenters. The molecule has 0 fully saturated rings. The maximum Gasteiger partial charge on any atom is 0.263 e. The zero-order valence-electron chi connectivity index (χ0n) is 17.0. The number of nitrogens with zero attached hydrogens (tertiary/aromatic N) is 1. The standard InChI is InChI=1S/C21H26N2O5S/c1-5-17(15-7-9-16(27-3)10-8-15)22-21(24)20-13-23(29(4,25)26)18-12-14(2)6-11-19(18)28-20/h6-12,17,20H,5,13H2,1-4H3,(H,22,24). The summed E-state index contributed by atoms with van der Waals surface area (Å²) in [6.07, 6.45) is 0.870. The van der Waals surface area contributed by atoms with Gasteiger partial charge in [-0.2, -0.15) is 0 Å². The van der Waals surface area contributed by atoms with E-state index >= 15 is 0 Å². The molecule has 1 amide bonds. The predicted octanol–water partition coefficient (Wildman–Crippen LogP) is 2.80. The zero-order chi connectivity index (χ0) is 21.2. The van der Waals surface area contributed by atoms with Crippen LogP contribution in [0.4, 0.5) is 5.69 Å². The number of hydrogen-bond donors (Lipinski definition) is 1. The van der Waals surface area contributed by atoms with Gasteiger partial charge < -0.3 is 14.8 Å². The third-order valence-corrected chi connectivity index (χ3v) is 6.07. The molecule has 0 saturated heterocycles. The number of anilines is 1. The van der Waals surface area contributed by atoms with Gasteiger partial charge in [-0.3, -0.25) is 9.10 Å². The molecule has 3 rings (SSSR count). The van der Waals surface area contributed by atoms with E-state index < -0.39 is 16.1 Å². The molecule has 156 valence electrons. The second-order valence-corrected chi connectivity index (χ2v) is 9.02. The van der Waals surface area contributed by atoms with Gasteiger partial charge in [-0.25, -0.2) is 8.42 Å². The molecule has 1 N–H and O–H groups in total. The molecule has 7 nitrogen and oxygen atoms in total. The Bertz CT molecular complexity index is 989. The Morgan fingerprint density at radius 3 is 2.55 bits per heavy atom. The first-order valence-electron chi connectivity index (χ1n) is 9.42. The molecular weight excluding hydrogens is 392 g/mol. The zero-order valence-corrected chi connectivity index (χ0v) is 17.8. The molecule has 0 aliphatic carbocycles. The van der Waals surface area contributed by atoms with Gasteiger partial charge >= 0.3 is 0 Å². The van der Waals surface area contributed by atoms with Crippen molar-refractivity contribution in [1.29, 1.82) is 0 Å². The van der Waals surface area contributed by atoms with Crippen LogP contribution in [0.3, 0.4) is 0 Å².